The zero-order valence-electron chi connectivity index (χ0n) is 13.6. The Bertz CT molecular complexity index is 876. The molecule has 128 valence electrons. The third kappa shape index (κ3) is 4.00. The highest BCUT2D eigenvalue weighted by Gasteiger charge is 2.24. The van der Waals surface area contributed by atoms with E-state index in [1.165, 1.54) is 6.92 Å². The van der Waals surface area contributed by atoms with Gasteiger partial charge in [-0.05, 0) is 29.8 Å². The summed E-state index contributed by atoms with van der Waals surface area (Å²) in [4.78, 5) is 35.2. The van der Waals surface area contributed by atoms with E-state index < -0.39 is 18.0 Å². The highest BCUT2D eigenvalue weighted by molar-refractivity contribution is 6.37. The average molecular weight is 339 g/mol. The summed E-state index contributed by atoms with van der Waals surface area (Å²) >= 11 is 0. The lowest BCUT2D eigenvalue weighted by molar-refractivity contribution is -0.146. The van der Waals surface area contributed by atoms with Gasteiger partial charge < -0.3 is 10.1 Å². The van der Waals surface area contributed by atoms with Crippen molar-refractivity contribution >= 4 is 40.0 Å². The summed E-state index contributed by atoms with van der Waals surface area (Å²) < 4.78 is 5.11. The van der Waals surface area contributed by atoms with Gasteiger partial charge in [0.1, 0.15) is 5.71 Å². The SMILES string of the molecule is C[C@H](OC(=O)C1=NNC(=O)CC1)C(=O)Nc1ccc2ccccc2c1. The van der Waals surface area contributed by atoms with E-state index in [1.54, 1.807) is 6.07 Å². The highest BCUT2D eigenvalue weighted by atomic mass is 16.5. The van der Waals surface area contributed by atoms with E-state index in [2.05, 4.69) is 15.8 Å². The van der Waals surface area contributed by atoms with Crippen molar-refractivity contribution in [1.29, 1.82) is 0 Å². The Morgan fingerprint density at radius 3 is 2.64 bits per heavy atom. The molecule has 2 aromatic carbocycles. The first-order chi connectivity index (χ1) is 12.0. The number of nitrogens with zero attached hydrogens (tertiary/aromatic N) is 1. The van der Waals surface area contributed by atoms with Crippen LogP contribution in [-0.2, 0) is 19.1 Å². The van der Waals surface area contributed by atoms with Crippen LogP contribution in [0.15, 0.2) is 47.6 Å². The number of hydrazone groups is 1. The minimum atomic E-state index is -0.987. The van der Waals surface area contributed by atoms with Gasteiger partial charge in [-0.1, -0.05) is 30.3 Å². The highest BCUT2D eigenvalue weighted by Crippen LogP contribution is 2.19. The van der Waals surface area contributed by atoms with Crippen molar-refractivity contribution in [2.75, 3.05) is 5.32 Å². The Hall–Kier alpha value is -3.22. The van der Waals surface area contributed by atoms with Crippen LogP contribution < -0.4 is 10.7 Å². The van der Waals surface area contributed by atoms with Gasteiger partial charge in [0.15, 0.2) is 6.10 Å². The Morgan fingerprint density at radius 2 is 1.92 bits per heavy atom. The number of carbonyl (C=O) groups excluding carboxylic acids is 3. The molecule has 0 bridgehead atoms. The second-order valence-corrected chi connectivity index (χ2v) is 5.69. The van der Waals surface area contributed by atoms with Crippen molar-refractivity contribution in [1.82, 2.24) is 5.43 Å². The fourth-order valence-corrected chi connectivity index (χ4v) is 2.41. The molecule has 2 N–H and O–H groups in total. The van der Waals surface area contributed by atoms with Gasteiger partial charge in [0.2, 0.25) is 5.91 Å². The molecule has 7 nitrogen and oxygen atoms in total. The van der Waals surface area contributed by atoms with Crippen molar-refractivity contribution < 1.29 is 19.1 Å². The smallest absolute Gasteiger partial charge is 0.355 e. The third-order valence-corrected chi connectivity index (χ3v) is 3.81. The lowest BCUT2D eigenvalue weighted by Crippen LogP contribution is -2.35. The fourth-order valence-electron chi connectivity index (χ4n) is 2.41. The summed E-state index contributed by atoms with van der Waals surface area (Å²) in [6.45, 7) is 1.48. The van der Waals surface area contributed by atoms with Crippen molar-refractivity contribution in [2.24, 2.45) is 5.10 Å². The topological polar surface area (TPSA) is 96.9 Å². The zero-order chi connectivity index (χ0) is 17.8. The molecule has 0 saturated heterocycles. The number of anilines is 1. The van der Waals surface area contributed by atoms with Crippen LogP contribution in [0.5, 0.6) is 0 Å². The second-order valence-electron chi connectivity index (χ2n) is 5.69. The predicted octanol–water partition coefficient (Wildman–Crippen LogP) is 1.98. The lowest BCUT2D eigenvalue weighted by Gasteiger charge is -2.16. The van der Waals surface area contributed by atoms with Crippen LogP contribution in [0.3, 0.4) is 0 Å². The van der Waals surface area contributed by atoms with Crippen LogP contribution >= 0.6 is 0 Å². The Balaban J connectivity index is 1.61. The maximum atomic E-state index is 12.2. The van der Waals surface area contributed by atoms with Crippen LogP contribution in [0, 0.1) is 0 Å². The molecule has 0 radical (unpaired) electrons. The molecule has 0 saturated carbocycles. The predicted molar refractivity (Wildman–Crippen MR) is 92.9 cm³/mol. The molecule has 2 amide bonds. The minimum absolute atomic E-state index is 0.102. The molecule has 0 spiro atoms. The molecular weight excluding hydrogens is 322 g/mol. The maximum absolute atomic E-state index is 12.2. The molecule has 1 heterocycles. The van der Waals surface area contributed by atoms with Gasteiger partial charge in [0, 0.05) is 18.5 Å². The van der Waals surface area contributed by atoms with Crippen molar-refractivity contribution in [3.8, 4) is 0 Å². The summed E-state index contributed by atoms with van der Waals surface area (Å²) in [6, 6.07) is 13.3. The summed E-state index contributed by atoms with van der Waals surface area (Å²) in [5.41, 5.74) is 2.94. The largest absolute Gasteiger partial charge is 0.448 e. The van der Waals surface area contributed by atoms with Gasteiger partial charge >= 0.3 is 5.97 Å². The van der Waals surface area contributed by atoms with E-state index in [0.29, 0.717) is 5.69 Å². The Morgan fingerprint density at radius 1 is 1.16 bits per heavy atom. The first-order valence-corrected chi connectivity index (χ1v) is 7.89. The molecular formula is C18H17N3O4. The number of hydrogen-bond donors (Lipinski definition) is 2. The Kier molecular flexibility index (Phi) is 4.74. The van der Waals surface area contributed by atoms with Gasteiger partial charge in [0.25, 0.3) is 5.91 Å². The monoisotopic (exact) mass is 339 g/mol. The van der Waals surface area contributed by atoms with Crippen molar-refractivity contribution in [3.05, 3.63) is 42.5 Å². The molecule has 7 heteroatoms. The van der Waals surface area contributed by atoms with Gasteiger partial charge in [-0.15, -0.1) is 0 Å². The normalized spacial score (nSPS) is 15.1. The first kappa shape index (κ1) is 16.6. The molecule has 0 aliphatic carbocycles. The van der Waals surface area contributed by atoms with E-state index in [9.17, 15) is 14.4 Å². The second kappa shape index (κ2) is 7.12. The number of ether oxygens (including phenoxy) is 1. The minimum Gasteiger partial charge on any atom is -0.448 e. The molecule has 1 aliphatic heterocycles. The van der Waals surface area contributed by atoms with Gasteiger partial charge in [-0.3, -0.25) is 9.59 Å². The molecule has 25 heavy (non-hydrogen) atoms. The number of benzene rings is 2. The van der Waals surface area contributed by atoms with Gasteiger partial charge in [0.05, 0.1) is 0 Å². The lowest BCUT2D eigenvalue weighted by atomic mass is 10.1. The molecule has 0 unspecified atom stereocenters. The summed E-state index contributed by atoms with van der Waals surface area (Å²) in [5.74, 6) is -1.40. The molecule has 0 fully saturated rings. The summed E-state index contributed by atoms with van der Waals surface area (Å²) in [6.07, 6.45) is -0.616. The summed E-state index contributed by atoms with van der Waals surface area (Å²) in [7, 11) is 0. The van der Waals surface area contributed by atoms with Crippen LogP contribution in [0.2, 0.25) is 0 Å². The zero-order valence-corrected chi connectivity index (χ0v) is 13.6. The van der Waals surface area contributed by atoms with Crippen LogP contribution in [0.4, 0.5) is 5.69 Å². The first-order valence-electron chi connectivity index (χ1n) is 7.89. The number of amides is 2. The van der Waals surface area contributed by atoms with Gasteiger partial charge in [-0.2, -0.15) is 5.10 Å². The molecule has 1 atom stereocenters. The van der Waals surface area contributed by atoms with Gasteiger partial charge in [-0.25, -0.2) is 10.2 Å². The average Bonchev–Trinajstić information content (AvgIpc) is 2.62. The van der Waals surface area contributed by atoms with E-state index in [-0.39, 0.29) is 24.5 Å². The number of nitrogens with one attached hydrogen (secondary N) is 2. The quantitative estimate of drug-likeness (QED) is 0.832. The van der Waals surface area contributed by atoms with Crippen LogP contribution in [0.25, 0.3) is 10.8 Å². The number of esters is 1. The Labute approximate surface area is 144 Å². The molecule has 0 aromatic heterocycles. The maximum Gasteiger partial charge on any atom is 0.355 e. The third-order valence-electron chi connectivity index (χ3n) is 3.81. The van der Waals surface area contributed by atoms with Crippen LogP contribution in [-0.4, -0.2) is 29.6 Å². The molecule has 3 rings (SSSR count). The van der Waals surface area contributed by atoms with E-state index in [4.69, 9.17) is 4.74 Å². The summed E-state index contributed by atoms with van der Waals surface area (Å²) in [5, 5.41) is 8.44. The standard InChI is InChI=1S/C18H17N3O4/c1-11(25-18(24)15-8-9-16(22)21-20-15)17(23)19-14-7-6-12-4-2-3-5-13(12)10-14/h2-7,10-11H,8-9H2,1H3,(H,19,23)(H,21,22)/t11-/m0/s1. The fraction of sp³-hybridized carbons (Fsp3) is 0.222. The molecule has 2 aromatic rings. The van der Waals surface area contributed by atoms with E-state index in [0.717, 1.165) is 10.8 Å². The number of carbonyl (C=O) groups is 3. The van der Waals surface area contributed by atoms with E-state index >= 15 is 0 Å². The van der Waals surface area contributed by atoms with E-state index in [1.807, 2.05) is 36.4 Å². The van der Waals surface area contributed by atoms with Crippen molar-refractivity contribution in [3.63, 3.8) is 0 Å². The number of fused-ring (bicyclic) bond motifs is 1. The van der Waals surface area contributed by atoms with Crippen molar-refractivity contribution in [2.45, 2.75) is 25.9 Å². The molecule has 1 aliphatic rings. The number of rotatable bonds is 4. The van der Waals surface area contributed by atoms with Crippen LogP contribution in [0.1, 0.15) is 19.8 Å². The number of hydrogen-bond acceptors (Lipinski definition) is 5.